The van der Waals surface area contributed by atoms with Gasteiger partial charge in [0.2, 0.25) is 0 Å². The number of hydrogen-bond donors (Lipinski definition) is 1. The van der Waals surface area contributed by atoms with E-state index in [9.17, 15) is 9.59 Å². The van der Waals surface area contributed by atoms with Crippen LogP contribution < -0.4 is 11.0 Å². The number of fused-ring (bicyclic) bond motifs is 1. The molecule has 1 fully saturated rings. The molecule has 0 radical (unpaired) electrons. The molecule has 0 bridgehead atoms. The van der Waals surface area contributed by atoms with Crippen molar-refractivity contribution in [2.45, 2.75) is 77.6 Å². The summed E-state index contributed by atoms with van der Waals surface area (Å²) in [5, 5.41) is 12.2. The zero-order valence-corrected chi connectivity index (χ0v) is 29.2. The lowest BCUT2D eigenvalue weighted by molar-refractivity contribution is 0.0772. The Kier molecular flexibility index (Phi) is 9.76. The molecular weight excluding hydrogens is 630 g/mol. The largest absolute Gasteiger partial charge is 0.359 e. The standard InChI is InChI=1S/C35H42ClN7O3Si/c1-24-30(19-27(36)20-37-24)34(44)38-28-13-9-25(10-14-28)21-42-32-7-5-6-8-33(32)43(35(42)45)29-15-11-26(12-16-29)31-22-41(40-39-31)23-46-17-18-47(2,3)4/h5-8,11-12,15-16,19-20,22,25,28H,9-10,13-14,17-18,21,23H2,1-4H3,(H,38,44)/t25-,28-. The summed E-state index contributed by atoms with van der Waals surface area (Å²) in [6.45, 7) is 10.5. The molecule has 0 aliphatic heterocycles. The molecule has 0 atom stereocenters. The lowest BCUT2D eigenvalue weighted by Gasteiger charge is -2.29. The Balaban J connectivity index is 1.12. The molecule has 1 amide bonds. The van der Waals surface area contributed by atoms with Gasteiger partial charge in [-0.3, -0.25) is 18.9 Å². The van der Waals surface area contributed by atoms with Gasteiger partial charge in [0.15, 0.2) is 0 Å². The third-order valence-electron chi connectivity index (χ3n) is 8.94. The van der Waals surface area contributed by atoms with Gasteiger partial charge in [-0.25, -0.2) is 9.48 Å². The van der Waals surface area contributed by atoms with Crippen molar-refractivity contribution < 1.29 is 9.53 Å². The minimum absolute atomic E-state index is 0.0558. The Labute approximate surface area is 280 Å². The number of nitrogens with one attached hydrogen (secondary N) is 1. The number of halogens is 1. The van der Waals surface area contributed by atoms with Gasteiger partial charge >= 0.3 is 5.69 Å². The third-order valence-corrected chi connectivity index (χ3v) is 10.8. The number of benzene rings is 2. The average molecular weight is 672 g/mol. The summed E-state index contributed by atoms with van der Waals surface area (Å²) < 4.78 is 11.2. The van der Waals surface area contributed by atoms with Crippen LogP contribution in [0.3, 0.4) is 0 Å². The molecule has 1 aliphatic rings. The monoisotopic (exact) mass is 671 g/mol. The van der Waals surface area contributed by atoms with E-state index in [0.29, 0.717) is 35.5 Å². The van der Waals surface area contributed by atoms with Gasteiger partial charge < -0.3 is 10.1 Å². The van der Waals surface area contributed by atoms with Crippen molar-refractivity contribution in [2.75, 3.05) is 6.61 Å². The second kappa shape index (κ2) is 14.0. The molecule has 1 aliphatic carbocycles. The molecule has 0 spiro atoms. The van der Waals surface area contributed by atoms with E-state index in [1.54, 1.807) is 21.5 Å². The number of nitrogens with zero attached hydrogens (tertiary/aromatic N) is 6. The van der Waals surface area contributed by atoms with E-state index in [1.165, 1.54) is 0 Å². The second-order valence-corrected chi connectivity index (χ2v) is 19.8. The molecule has 0 saturated heterocycles. The van der Waals surface area contributed by atoms with Crippen molar-refractivity contribution in [3.8, 4) is 16.9 Å². The van der Waals surface area contributed by atoms with Gasteiger partial charge in [0.1, 0.15) is 12.4 Å². The first-order valence-corrected chi connectivity index (χ1v) is 20.4. The summed E-state index contributed by atoms with van der Waals surface area (Å²) in [5.74, 6) is 0.192. The molecule has 246 valence electrons. The Bertz CT molecular complexity index is 1920. The number of aryl methyl sites for hydroxylation is 1. The maximum Gasteiger partial charge on any atom is 0.333 e. The molecule has 3 aromatic heterocycles. The predicted octanol–water partition coefficient (Wildman–Crippen LogP) is 6.71. The lowest BCUT2D eigenvalue weighted by atomic mass is 9.85. The van der Waals surface area contributed by atoms with E-state index >= 15 is 0 Å². The molecule has 1 N–H and O–H groups in total. The van der Waals surface area contributed by atoms with Crippen LogP contribution in [-0.2, 0) is 18.0 Å². The van der Waals surface area contributed by atoms with Gasteiger partial charge in [0, 0.05) is 39.0 Å². The fraction of sp³-hybridized carbons (Fsp3) is 0.400. The zero-order chi connectivity index (χ0) is 33.1. The Morgan fingerprint density at radius 1 is 1.04 bits per heavy atom. The molecule has 6 rings (SSSR count). The van der Waals surface area contributed by atoms with Crippen LogP contribution in [0.1, 0.15) is 41.7 Å². The SMILES string of the molecule is Cc1ncc(Cl)cc1C(=O)N[C@H]1CC[C@H](Cn2c(=O)n(-c3ccc(-c4cn(COCC[Si](C)(C)C)nn4)cc3)c3ccccc32)CC1. The van der Waals surface area contributed by atoms with Gasteiger partial charge in [-0.2, -0.15) is 0 Å². The number of hydrogen-bond acceptors (Lipinski definition) is 6. The van der Waals surface area contributed by atoms with Crippen LogP contribution in [0.15, 0.2) is 71.8 Å². The van der Waals surface area contributed by atoms with Crippen molar-refractivity contribution in [1.29, 1.82) is 0 Å². The molecule has 0 unspecified atom stereocenters. The molecule has 12 heteroatoms. The van der Waals surface area contributed by atoms with Gasteiger partial charge in [-0.1, -0.05) is 60.7 Å². The van der Waals surface area contributed by atoms with Gasteiger partial charge in [0.25, 0.3) is 5.91 Å². The Morgan fingerprint density at radius 2 is 1.77 bits per heavy atom. The van der Waals surface area contributed by atoms with Crippen molar-refractivity contribution >= 4 is 36.6 Å². The van der Waals surface area contributed by atoms with E-state index < -0.39 is 8.07 Å². The first kappa shape index (κ1) is 32.9. The number of amides is 1. The minimum atomic E-state index is -1.14. The number of imidazole rings is 1. The third kappa shape index (κ3) is 7.74. The highest BCUT2D eigenvalue weighted by molar-refractivity contribution is 6.76. The van der Waals surface area contributed by atoms with Crippen molar-refractivity contribution in [2.24, 2.45) is 5.92 Å². The molecule has 5 aromatic rings. The number of pyridine rings is 1. The number of ether oxygens (including phenoxy) is 1. The van der Waals surface area contributed by atoms with Crippen LogP contribution in [0.2, 0.25) is 30.7 Å². The van der Waals surface area contributed by atoms with Crippen LogP contribution >= 0.6 is 11.6 Å². The summed E-state index contributed by atoms with van der Waals surface area (Å²) in [6, 6.07) is 18.7. The predicted molar refractivity (Wildman–Crippen MR) is 188 cm³/mol. The molecule has 10 nitrogen and oxygen atoms in total. The summed E-state index contributed by atoms with van der Waals surface area (Å²) in [5.41, 5.74) is 5.38. The summed E-state index contributed by atoms with van der Waals surface area (Å²) >= 11 is 6.07. The highest BCUT2D eigenvalue weighted by Crippen LogP contribution is 2.28. The van der Waals surface area contributed by atoms with Gasteiger partial charge in [0.05, 0.1) is 39.2 Å². The summed E-state index contributed by atoms with van der Waals surface area (Å²) in [7, 11) is -1.14. The molecule has 47 heavy (non-hydrogen) atoms. The smallest absolute Gasteiger partial charge is 0.333 e. The minimum Gasteiger partial charge on any atom is -0.359 e. The Morgan fingerprint density at radius 3 is 2.49 bits per heavy atom. The highest BCUT2D eigenvalue weighted by atomic mass is 35.5. The van der Waals surface area contributed by atoms with Crippen molar-refractivity contribution in [3.63, 3.8) is 0 Å². The second-order valence-electron chi connectivity index (χ2n) is 13.7. The van der Waals surface area contributed by atoms with Gasteiger partial charge in [-0.15, -0.1) is 5.10 Å². The number of carbonyl (C=O) groups is 1. The average Bonchev–Trinajstić information content (AvgIpc) is 3.63. The quantitative estimate of drug-likeness (QED) is 0.124. The van der Waals surface area contributed by atoms with Crippen molar-refractivity contribution in [3.05, 3.63) is 93.8 Å². The lowest BCUT2D eigenvalue weighted by Crippen LogP contribution is -2.39. The van der Waals surface area contributed by atoms with E-state index in [2.05, 4.69) is 40.3 Å². The van der Waals surface area contributed by atoms with E-state index in [0.717, 1.165) is 66.3 Å². The summed E-state index contributed by atoms with van der Waals surface area (Å²) in [4.78, 5) is 31.1. The normalized spacial score (nSPS) is 16.9. The van der Waals surface area contributed by atoms with Gasteiger partial charge in [-0.05, 0) is 74.9 Å². The topological polar surface area (TPSA) is 109 Å². The molecular formula is C35H42ClN7O3Si. The molecule has 2 aromatic carbocycles. The fourth-order valence-electron chi connectivity index (χ4n) is 6.19. The van der Waals surface area contributed by atoms with Crippen molar-refractivity contribution in [1.82, 2.24) is 34.4 Å². The van der Waals surface area contributed by atoms with Crippen LogP contribution in [0.5, 0.6) is 0 Å². The Hall–Kier alpha value is -4.06. The highest BCUT2D eigenvalue weighted by Gasteiger charge is 2.26. The summed E-state index contributed by atoms with van der Waals surface area (Å²) in [6.07, 6.45) is 6.98. The zero-order valence-electron chi connectivity index (χ0n) is 27.4. The number of rotatable bonds is 11. The fourth-order valence-corrected chi connectivity index (χ4v) is 7.11. The maximum atomic E-state index is 13.9. The molecule has 1 saturated carbocycles. The van der Waals surface area contributed by atoms with Crippen LogP contribution in [-0.4, -0.2) is 55.7 Å². The maximum absolute atomic E-state index is 13.9. The van der Waals surface area contributed by atoms with Crippen LogP contribution in [0.25, 0.3) is 28.0 Å². The first-order chi connectivity index (χ1) is 22.6. The number of carbonyl (C=O) groups excluding carboxylic acids is 1. The van der Waals surface area contributed by atoms with Crippen LogP contribution in [0.4, 0.5) is 0 Å². The van der Waals surface area contributed by atoms with E-state index in [4.69, 9.17) is 16.3 Å². The molecule has 3 heterocycles. The van der Waals surface area contributed by atoms with E-state index in [1.807, 2.05) is 66.2 Å². The van der Waals surface area contributed by atoms with Crippen LogP contribution in [0, 0.1) is 12.8 Å². The number of para-hydroxylation sites is 2. The first-order valence-electron chi connectivity index (χ1n) is 16.3. The number of aromatic nitrogens is 6. The van der Waals surface area contributed by atoms with E-state index in [-0.39, 0.29) is 17.6 Å².